The first-order chi connectivity index (χ1) is 8.79. The van der Waals surface area contributed by atoms with Gasteiger partial charge in [0.05, 0.1) is 7.11 Å². The molecule has 0 spiro atoms. The molecule has 5 heteroatoms. The fraction of sp³-hybridized carbons (Fsp3) is 0.769. The number of anilines is 1. The van der Waals surface area contributed by atoms with Gasteiger partial charge in [0, 0.05) is 25.7 Å². The molecule has 1 aromatic heterocycles. The van der Waals surface area contributed by atoms with Crippen molar-refractivity contribution in [3.63, 3.8) is 0 Å². The predicted molar refractivity (Wildman–Crippen MR) is 73.1 cm³/mol. The molecule has 1 aromatic rings. The van der Waals surface area contributed by atoms with Crippen LogP contribution in [0.4, 0.5) is 5.82 Å². The first kappa shape index (κ1) is 13.2. The molecule has 0 amide bonds. The van der Waals surface area contributed by atoms with E-state index in [1.54, 1.807) is 11.8 Å². The van der Waals surface area contributed by atoms with E-state index in [0.717, 1.165) is 24.3 Å². The average Bonchev–Trinajstić information content (AvgIpc) is 2.76. The fourth-order valence-electron chi connectivity index (χ4n) is 2.46. The molecule has 18 heavy (non-hydrogen) atoms. The molecular weight excluding hydrogens is 228 g/mol. The molecule has 1 atom stereocenters. The summed E-state index contributed by atoms with van der Waals surface area (Å²) in [6, 6.07) is 2.65. The van der Waals surface area contributed by atoms with Crippen molar-refractivity contribution in [1.82, 2.24) is 15.1 Å². The minimum Gasteiger partial charge on any atom is -0.481 e. The number of hydrogen-bond acceptors (Lipinski definition) is 4. The second-order valence-electron chi connectivity index (χ2n) is 4.91. The van der Waals surface area contributed by atoms with E-state index >= 15 is 0 Å². The van der Waals surface area contributed by atoms with Crippen LogP contribution in [0.25, 0.3) is 0 Å². The van der Waals surface area contributed by atoms with Crippen molar-refractivity contribution in [3.05, 3.63) is 6.07 Å². The molecule has 0 bridgehead atoms. The fourth-order valence-corrected chi connectivity index (χ4v) is 2.46. The van der Waals surface area contributed by atoms with Gasteiger partial charge >= 0.3 is 0 Å². The van der Waals surface area contributed by atoms with E-state index < -0.39 is 0 Å². The maximum atomic E-state index is 5.18. The molecule has 1 aliphatic heterocycles. The molecule has 2 N–H and O–H groups in total. The van der Waals surface area contributed by atoms with Crippen LogP contribution in [-0.2, 0) is 7.05 Å². The first-order valence-electron chi connectivity index (χ1n) is 6.85. The van der Waals surface area contributed by atoms with Crippen molar-refractivity contribution in [3.8, 4) is 5.88 Å². The second kappa shape index (κ2) is 6.64. The van der Waals surface area contributed by atoms with Crippen LogP contribution in [0.15, 0.2) is 6.07 Å². The van der Waals surface area contributed by atoms with Crippen LogP contribution in [0, 0.1) is 0 Å². The summed E-state index contributed by atoms with van der Waals surface area (Å²) < 4.78 is 6.92. The zero-order chi connectivity index (χ0) is 12.8. The standard InChI is InChI=1S/C13H24N4O/c1-17-13(18-2)10-12(16-17)15-9-5-7-11-6-3-4-8-14-11/h10-11,14H,3-9H2,1-2H3,(H,15,16). The highest BCUT2D eigenvalue weighted by Gasteiger charge is 2.11. The van der Waals surface area contributed by atoms with Gasteiger partial charge in [-0.15, -0.1) is 0 Å². The zero-order valence-corrected chi connectivity index (χ0v) is 11.4. The molecule has 5 nitrogen and oxygen atoms in total. The summed E-state index contributed by atoms with van der Waals surface area (Å²) in [7, 11) is 3.55. The van der Waals surface area contributed by atoms with E-state index in [-0.39, 0.29) is 0 Å². The zero-order valence-electron chi connectivity index (χ0n) is 11.4. The van der Waals surface area contributed by atoms with Gasteiger partial charge in [-0.05, 0) is 32.2 Å². The number of piperidine rings is 1. The Morgan fingerprint density at radius 1 is 1.56 bits per heavy atom. The van der Waals surface area contributed by atoms with E-state index in [1.165, 1.54) is 38.6 Å². The van der Waals surface area contributed by atoms with Crippen molar-refractivity contribution < 1.29 is 4.74 Å². The lowest BCUT2D eigenvalue weighted by atomic mass is 10.0. The van der Waals surface area contributed by atoms with Gasteiger partial charge in [0.2, 0.25) is 5.88 Å². The summed E-state index contributed by atoms with van der Waals surface area (Å²) in [6.07, 6.45) is 6.47. The van der Waals surface area contributed by atoms with Gasteiger partial charge in [-0.2, -0.15) is 5.10 Å². The number of aryl methyl sites for hydroxylation is 1. The predicted octanol–water partition coefficient (Wildman–Crippen LogP) is 1.76. The molecule has 1 saturated heterocycles. The molecule has 1 aliphatic rings. The SMILES string of the molecule is COc1cc(NCCCC2CCCCN2)nn1C. The quantitative estimate of drug-likeness (QED) is 0.758. The van der Waals surface area contributed by atoms with E-state index in [2.05, 4.69) is 15.7 Å². The van der Waals surface area contributed by atoms with Crippen molar-refractivity contribution in [2.45, 2.75) is 38.1 Å². The lowest BCUT2D eigenvalue weighted by molar-refractivity contribution is 0.373. The molecule has 102 valence electrons. The second-order valence-corrected chi connectivity index (χ2v) is 4.91. The van der Waals surface area contributed by atoms with Crippen LogP contribution in [0.5, 0.6) is 5.88 Å². The van der Waals surface area contributed by atoms with Crippen LogP contribution in [0.1, 0.15) is 32.1 Å². The monoisotopic (exact) mass is 252 g/mol. The summed E-state index contributed by atoms with van der Waals surface area (Å²) in [5.74, 6) is 1.68. The Kier molecular flexibility index (Phi) is 4.87. The third kappa shape index (κ3) is 3.63. The smallest absolute Gasteiger partial charge is 0.213 e. The number of nitrogens with zero attached hydrogens (tertiary/aromatic N) is 2. The summed E-state index contributed by atoms with van der Waals surface area (Å²) in [5, 5.41) is 11.2. The summed E-state index contributed by atoms with van der Waals surface area (Å²) in [4.78, 5) is 0. The van der Waals surface area contributed by atoms with Gasteiger partial charge in [0.25, 0.3) is 0 Å². The largest absolute Gasteiger partial charge is 0.481 e. The molecule has 0 aromatic carbocycles. The molecule has 0 radical (unpaired) electrons. The number of hydrogen-bond donors (Lipinski definition) is 2. The highest BCUT2D eigenvalue weighted by Crippen LogP contribution is 2.16. The van der Waals surface area contributed by atoms with Crippen LogP contribution >= 0.6 is 0 Å². The molecule has 2 heterocycles. The van der Waals surface area contributed by atoms with Gasteiger partial charge in [-0.25, -0.2) is 4.68 Å². The van der Waals surface area contributed by atoms with E-state index in [0.29, 0.717) is 0 Å². The maximum absolute atomic E-state index is 5.18. The summed E-state index contributed by atoms with van der Waals surface area (Å²) in [6.45, 7) is 2.16. The Hall–Kier alpha value is -1.23. The Morgan fingerprint density at radius 2 is 2.44 bits per heavy atom. The minimum atomic E-state index is 0.721. The Labute approximate surface area is 109 Å². The van der Waals surface area contributed by atoms with Gasteiger partial charge in [-0.3, -0.25) is 0 Å². The molecule has 0 saturated carbocycles. The highest BCUT2D eigenvalue weighted by atomic mass is 16.5. The summed E-state index contributed by atoms with van der Waals surface area (Å²) >= 11 is 0. The van der Waals surface area contributed by atoms with Gasteiger partial charge < -0.3 is 15.4 Å². The Bertz CT molecular complexity index is 358. The third-order valence-electron chi connectivity index (χ3n) is 3.49. The number of nitrogens with one attached hydrogen (secondary N) is 2. The molecule has 1 unspecified atom stereocenters. The minimum absolute atomic E-state index is 0.721. The average molecular weight is 252 g/mol. The third-order valence-corrected chi connectivity index (χ3v) is 3.49. The van der Waals surface area contributed by atoms with Gasteiger partial charge in [0.1, 0.15) is 0 Å². The first-order valence-corrected chi connectivity index (χ1v) is 6.85. The van der Waals surface area contributed by atoms with Crippen molar-refractivity contribution >= 4 is 5.82 Å². The highest BCUT2D eigenvalue weighted by molar-refractivity contribution is 5.38. The molecule has 0 aliphatic carbocycles. The lowest BCUT2D eigenvalue weighted by Crippen LogP contribution is -2.34. The van der Waals surface area contributed by atoms with Crippen LogP contribution in [0.2, 0.25) is 0 Å². The maximum Gasteiger partial charge on any atom is 0.213 e. The summed E-state index contributed by atoms with van der Waals surface area (Å²) in [5.41, 5.74) is 0. The van der Waals surface area contributed by atoms with Crippen molar-refractivity contribution in [1.29, 1.82) is 0 Å². The van der Waals surface area contributed by atoms with E-state index in [9.17, 15) is 0 Å². The van der Waals surface area contributed by atoms with E-state index in [1.807, 2.05) is 13.1 Å². The number of ether oxygens (including phenoxy) is 1. The molecule has 2 rings (SSSR count). The number of rotatable bonds is 6. The molecule has 1 fully saturated rings. The number of methoxy groups -OCH3 is 1. The normalized spacial score (nSPS) is 19.8. The van der Waals surface area contributed by atoms with E-state index in [4.69, 9.17) is 4.74 Å². The Morgan fingerprint density at radius 3 is 3.11 bits per heavy atom. The van der Waals surface area contributed by atoms with Crippen LogP contribution in [-0.4, -0.2) is 36.0 Å². The van der Waals surface area contributed by atoms with Crippen molar-refractivity contribution in [2.75, 3.05) is 25.5 Å². The lowest BCUT2D eigenvalue weighted by Gasteiger charge is -2.23. The van der Waals surface area contributed by atoms with Gasteiger partial charge in [-0.1, -0.05) is 6.42 Å². The van der Waals surface area contributed by atoms with Crippen LogP contribution < -0.4 is 15.4 Å². The number of aromatic nitrogens is 2. The Balaban J connectivity index is 1.65. The topological polar surface area (TPSA) is 51.1 Å². The molecular formula is C13H24N4O. The van der Waals surface area contributed by atoms with Crippen molar-refractivity contribution in [2.24, 2.45) is 7.05 Å². The van der Waals surface area contributed by atoms with Crippen LogP contribution in [0.3, 0.4) is 0 Å². The van der Waals surface area contributed by atoms with Gasteiger partial charge in [0.15, 0.2) is 5.82 Å².